The first-order valence-corrected chi connectivity index (χ1v) is 10.9. The van der Waals surface area contributed by atoms with Gasteiger partial charge in [0.25, 0.3) is 0 Å². The molecule has 0 bridgehead atoms. The van der Waals surface area contributed by atoms with E-state index in [4.69, 9.17) is 0 Å². The maximum absolute atomic E-state index is 12.2. The SMILES string of the molecule is C=CC(O)(CC=C[C@H]1C=CC(=O)[C@@H]1CC=CCCCC(=O)COC(C)=O)CCCC. The number of Topliss-reactive ketones (excluding diaryl/α,β-unsaturated/α-hetero) is 1. The van der Waals surface area contributed by atoms with Gasteiger partial charge in [0.1, 0.15) is 6.61 Å². The Balaban J connectivity index is 2.41. The summed E-state index contributed by atoms with van der Waals surface area (Å²) in [4.78, 5) is 34.4. The van der Waals surface area contributed by atoms with Gasteiger partial charge in [0.05, 0.1) is 5.60 Å². The zero-order valence-electron chi connectivity index (χ0n) is 18.3. The number of carbonyl (C=O) groups excluding carboxylic acids is 3. The van der Waals surface area contributed by atoms with Gasteiger partial charge < -0.3 is 9.84 Å². The molecule has 0 aliphatic heterocycles. The van der Waals surface area contributed by atoms with Crippen LogP contribution in [0.1, 0.15) is 65.2 Å². The van der Waals surface area contributed by atoms with Crippen molar-refractivity contribution in [2.45, 2.75) is 70.8 Å². The molecule has 0 fully saturated rings. The molecule has 5 nitrogen and oxygen atoms in total. The van der Waals surface area contributed by atoms with E-state index in [0.717, 1.165) is 19.3 Å². The molecule has 0 saturated carbocycles. The van der Waals surface area contributed by atoms with E-state index in [1.54, 1.807) is 12.2 Å². The van der Waals surface area contributed by atoms with Crippen LogP contribution in [0.5, 0.6) is 0 Å². The fourth-order valence-corrected chi connectivity index (χ4v) is 3.36. The summed E-state index contributed by atoms with van der Waals surface area (Å²) in [6, 6.07) is 0. The number of hydrogen-bond acceptors (Lipinski definition) is 5. The maximum atomic E-state index is 12.2. The fourth-order valence-electron chi connectivity index (χ4n) is 3.36. The van der Waals surface area contributed by atoms with E-state index < -0.39 is 11.6 Å². The molecular weight excluding hydrogens is 380 g/mol. The van der Waals surface area contributed by atoms with Crippen LogP contribution in [0.2, 0.25) is 0 Å². The summed E-state index contributed by atoms with van der Waals surface area (Å²) in [7, 11) is 0. The molecule has 0 aromatic carbocycles. The minimum Gasteiger partial charge on any atom is -0.458 e. The molecule has 166 valence electrons. The second-order valence-electron chi connectivity index (χ2n) is 7.91. The lowest BCUT2D eigenvalue weighted by atomic mass is 9.88. The number of ether oxygens (including phenoxy) is 1. The quantitative estimate of drug-likeness (QED) is 0.239. The summed E-state index contributed by atoms with van der Waals surface area (Å²) in [6.45, 7) is 6.97. The molecule has 0 spiro atoms. The Hall–Kier alpha value is -2.27. The van der Waals surface area contributed by atoms with E-state index in [1.807, 2.05) is 30.4 Å². The molecule has 0 heterocycles. The zero-order valence-corrected chi connectivity index (χ0v) is 18.3. The van der Waals surface area contributed by atoms with Crippen molar-refractivity contribution < 1.29 is 24.2 Å². The van der Waals surface area contributed by atoms with Crippen molar-refractivity contribution in [1.82, 2.24) is 0 Å². The van der Waals surface area contributed by atoms with Crippen LogP contribution < -0.4 is 0 Å². The smallest absolute Gasteiger partial charge is 0.303 e. The Bertz CT molecular complexity index is 673. The van der Waals surface area contributed by atoms with E-state index in [2.05, 4.69) is 18.2 Å². The van der Waals surface area contributed by atoms with Crippen molar-refractivity contribution in [3.05, 3.63) is 49.1 Å². The summed E-state index contributed by atoms with van der Waals surface area (Å²) in [5.74, 6) is -0.492. The van der Waals surface area contributed by atoms with Gasteiger partial charge in [-0.05, 0) is 38.2 Å². The Morgan fingerprint density at radius 1 is 1.27 bits per heavy atom. The zero-order chi connectivity index (χ0) is 22.4. The predicted molar refractivity (Wildman–Crippen MR) is 119 cm³/mol. The first kappa shape index (κ1) is 25.8. The molecule has 3 atom stereocenters. The van der Waals surface area contributed by atoms with Crippen LogP contribution in [-0.4, -0.2) is 34.9 Å². The molecule has 1 aliphatic carbocycles. The highest BCUT2D eigenvalue weighted by atomic mass is 16.5. The van der Waals surface area contributed by atoms with Gasteiger partial charge in [-0.2, -0.15) is 0 Å². The van der Waals surface area contributed by atoms with E-state index in [-0.39, 0.29) is 30.0 Å². The first-order chi connectivity index (χ1) is 14.3. The van der Waals surface area contributed by atoms with E-state index in [0.29, 0.717) is 32.1 Å². The second kappa shape index (κ2) is 13.9. The van der Waals surface area contributed by atoms with E-state index >= 15 is 0 Å². The summed E-state index contributed by atoms with van der Waals surface area (Å²) in [5.41, 5.74) is -0.888. The van der Waals surface area contributed by atoms with Crippen LogP contribution in [-0.2, 0) is 19.1 Å². The monoisotopic (exact) mass is 416 g/mol. The third kappa shape index (κ3) is 9.97. The minimum atomic E-state index is -0.888. The number of allylic oxidation sites excluding steroid dienone is 5. The molecule has 0 amide bonds. The third-order valence-corrected chi connectivity index (χ3v) is 5.31. The average Bonchev–Trinajstić information content (AvgIpc) is 3.07. The van der Waals surface area contributed by atoms with Crippen molar-refractivity contribution in [2.24, 2.45) is 11.8 Å². The van der Waals surface area contributed by atoms with Crippen LogP contribution in [0.3, 0.4) is 0 Å². The van der Waals surface area contributed by atoms with Gasteiger partial charge in [-0.15, -0.1) is 6.58 Å². The van der Waals surface area contributed by atoms with Gasteiger partial charge in [0, 0.05) is 25.2 Å². The predicted octanol–water partition coefficient (Wildman–Crippen LogP) is 4.66. The number of esters is 1. The Labute approximate surface area is 180 Å². The lowest BCUT2D eigenvalue weighted by Crippen LogP contribution is -2.24. The number of unbranched alkanes of at least 4 members (excludes halogenated alkanes) is 2. The number of carbonyl (C=O) groups is 3. The summed E-state index contributed by atoms with van der Waals surface area (Å²) in [5, 5.41) is 10.6. The number of aliphatic hydroxyl groups is 1. The Morgan fingerprint density at radius 3 is 2.70 bits per heavy atom. The highest BCUT2D eigenvalue weighted by Gasteiger charge is 2.27. The molecule has 0 aromatic rings. The van der Waals surface area contributed by atoms with Gasteiger partial charge >= 0.3 is 5.97 Å². The number of ketones is 2. The molecule has 0 aromatic heterocycles. The summed E-state index contributed by atoms with van der Waals surface area (Å²) < 4.78 is 4.67. The van der Waals surface area contributed by atoms with E-state index in [9.17, 15) is 19.5 Å². The molecule has 0 saturated heterocycles. The largest absolute Gasteiger partial charge is 0.458 e. The molecule has 1 rings (SSSR count). The standard InChI is InChI=1S/C25H36O5/c1-4-6-17-25(29,5-2)18-11-12-21-15-16-24(28)23(21)14-10-8-7-9-13-22(27)19-30-20(3)26/h5,8,10-12,15-16,21,23,29H,2,4,6-7,9,13-14,17-19H2,1,3H3/t21-,23+,25?/m0/s1. The summed E-state index contributed by atoms with van der Waals surface area (Å²) >= 11 is 0. The Morgan fingerprint density at radius 2 is 2.03 bits per heavy atom. The Kier molecular flexibility index (Phi) is 11.9. The van der Waals surface area contributed by atoms with Gasteiger partial charge in [0.15, 0.2) is 11.6 Å². The van der Waals surface area contributed by atoms with Crippen molar-refractivity contribution in [2.75, 3.05) is 6.61 Å². The lowest BCUT2D eigenvalue weighted by molar-refractivity contribution is -0.145. The molecule has 0 radical (unpaired) electrons. The molecule has 1 N–H and O–H groups in total. The normalized spacial score (nSPS) is 20.7. The van der Waals surface area contributed by atoms with Crippen LogP contribution in [0, 0.1) is 11.8 Å². The van der Waals surface area contributed by atoms with Gasteiger partial charge in [-0.3, -0.25) is 14.4 Å². The van der Waals surface area contributed by atoms with Crippen molar-refractivity contribution in [3.8, 4) is 0 Å². The molecule has 1 unspecified atom stereocenters. The highest BCUT2D eigenvalue weighted by molar-refractivity contribution is 5.95. The van der Waals surface area contributed by atoms with Gasteiger partial charge in [-0.25, -0.2) is 0 Å². The van der Waals surface area contributed by atoms with Crippen LogP contribution >= 0.6 is 0 Å². The van der Waals surface area contributed by atoms with Gasteiger partial charge in [-0.1, -0.05) is 56.2 Å². The highest BCUT2D eigenvalue weighted by Crippen LogP contribution is 2.28. The number of rotatable bonds is 15. The van der Waals surface area contributed by atoms with Crippen molar-refractivity contribution in [1.29, 1.82) is 0 Å². The van der Waals surface area contributed by atoms with Crippen LogP contribution in [0.15, 0.2) is 49.1 Å². The lowest BCUT2D eigenvalue weighted by Gasteiger charge is -2.22. The molecular formula is C25H36O5. The van der Waals surface area contributed by atoms with E-state index in [1.165, 1.54) is 6.92 Å². The van der Waals surface area contributed by atoms with Gasteiger partial charge in [0.2, 0.25) is 0 Å². The maximum Gasteiger partial charge on any atom is 0.303 e. The van der Waals surface area contributed by atoms with Crippen LogP contribution in [0.4, 0.5) is 0 Å². The third-order valence-electron chi connectivity index (χ3n) is 5.31. The van der Waals surface area contributed by atoms with Crippen molar-refractivity contribution >= 4 is 17.5 Å². The first-order valence-electron chi connectivity index (χ1n) is 10.9. The number of hydrogen-bond donors (Lipinski definition) is 1. The minimum absolute atomic E-state index is 0.0349. The molecule has 1 aliphatic rings. The fraction of sp³-hybridized carbons (Fsp3) is 0.560. The van der Waals surface area contributed by atoms with Crippen LogP contribution in [0.25, 0.3) is 0 Å². The molecule has 30 heavy (non-hydrogen) atoms. The topological polar surface area (TPSA) is 80.7 Å². The average molecular weight is 417 g/mol. The van der Waals surface area contributed by atoms with Crippen molar-refractivity contribution in [3.63, 3.8) is 0 Å². The second-order valence-corrected chi connectivity index (χ2v) is 7.91. The summed E-state index contributed by atoms with van der Waals surface area (Å²) in [6.07, 6.45) is 18.7. The molecule has 5 heteroatoms.